The minimum atomic E-state index is -0.207. The second-order valence-electron chi connectivity index (χ2n) is 7.11. The number of aryl methyl sites for hydroxylation is 1. The van der Waals surface area contributed by atoms with Crippen LogP contribution in [0.25, 0.3) is 0 Å². The Balaban J connectivity index is 1.24. The number of benzene rings is 2. The van der Waals surface area contributed by atoms with Gasteiger partial charge < -0.3 is 20.1 Å². The molecule has 33 heavy (non-hydrogen) atoms. The lowest BCUT2D eigenvalue weighted by atomic mass is 10.1. The highest BCUT2D eigenvalue weighted by Gasteiger charge is 2.17. The van der Waals surface area contributed by atoms with Crippen LogP contribution in [0.3, 0.4) is 0 Å². The fourth-order valence-electron chi connectivity index (χ4n) is 3.11. The summed E-state index contributed by atoms with van der Waals surface area (Å²) in [4.78, 5) is 24.6. The third-order valence-electron chi connectivity index (χ3n) is 4.70. The van der Waals surface area contributed by atoms with Crippen LogP contribution in [0.2, 0.25) is 5.02 Å². The number of nitrogens with one attached hydrogen (secondary N) is 2. The number of anilines is 1. The second kappa shape index (κ2) is 10.5. The topological polar surface area (TPSA) is 120 Å². The molecule has 2 aromatic carbocycles. The smallest absolute Gasteiger partial charge is 0.251 e. The van der Waals surface area contributed by atoms with Crippen molar-refractivity contribution < 1.29 is 19.1 Å². The van der Waals surface area contributed by atoms with Crippen molar-refractivity contribution in [3.05, 3.63) is 52.5 Å². The third kappa shape index (κ3) is 5.93. The molecule has 0 unspecified atom stereocenters. The Kier molecular flexibility index (Phi) is 7.30. The van der Waals surface area contributed by atoms with E-state index in [1.807, 2.05) is 12.1 Å². The monoisotopic (exact) mass is 488 g/mol. The zero-order valence-electron chi connectivity index (χ0n) is 17.7. The van der Waals surface area contributed by atoms with Crippen LogP contribution in [0, 0.1) is 0 Å². The highest BCUT2D eigenvalue weighted by Crippen LogP contribution is 2.38. The molecule has 0 fully saturated rings. The van der Waals surface area contributed by atoms with Crippen LogP contribution < -0.4 is 20.1 Å². The number of rotatable bonds is 8. The summed E-state index contributed by atoms with van der Waals surface area (Å²) in [6.45, 7) is 1.39. The fraction of sp³-hybridized carbons (Fsp3) is 0.286. The first kappa shape index (κ1) is 22.9. The SMILES string of the molecule is Cn1nnnc1SCC(=O)Nc1ccc(C(=O)NCCc2cc(Cl)c3c(c2)OCCO3)cc1. The van der Waals surface area contributed by atoms with Crippen LogP contribution in [0.15, 0.2) is 41.6 Å². The Labute approximate surface area is 199 Å². The maximum Gasteiger partial charge on any atom is 0.251 e. The van der Waals surface area contributed by atoms with Gasteiger partial charge in [-0.1, -0.05) is 23.4 Å². The largest absolute Gasteiger partial charge is 0.486 e. The molecule has 0 saturated heterocycles. The predicted molar refractivity (Wildman–Crippen MR) is 123 cm³/mol. The highest BCUT2D eigenvalue weighted by molar-refractivity contribution is 7.99. The van der Waals surface area contributed by atoms with E-state index in [1.54, 1.807) is 31.3 Å². The Morgan fingerprint density at radius 1 is 1.18 bits per heavy atom. The van der Waals surface area contributed by atoms with Crippen LogP contribution in [0.5, 0.6) is 11.5 Å². The van der Waals surface area contributed by atoms with Crippen molar-refractivity contribution in [1.29, 1.82) is 0 Å². The predicted octanol–water partition coefficient (Wildman–Crippen LogP) is 2.34. The Hall–Kier alpha value is -3.31. The fourth-order valence-corrected chi connectivity index (χ4v) is 4.04. The minimum absolute atomic E-state index is 0.167. The number of hydrogen-bond donors (Lipinski definition) is 2. The number of aromatic nitrogens is 4. The van der Waals surface area contributed by atoms with E-state index in [0.717, 1.165) is 5.56 Å². The van der Waals surface area contributed by atoms with Gasteiger partial charge in [-0.3, -0.25) is 9.59 Å². The average Bonchev–Trinajstić information content (AvgIpc) is 3.23. The summed E-state index contributed by atoms with van der Waals surface area (Å²) in [5.41, 5.74) is 2.03. The summed E-state index contributed by atoms with van der Waals surface area (Å²) in [5.74, 6) is 0.951. The zero-order valence-corrected chi connectivity index (χ0v) is 19.3. The molecule has 0 spiro atoms. The van der Waals surface area contributed by atoms with Crippen LogP contribution in [-0.2, 0) is 18.3 Å². The quantitative estimate of drug-likeness (QED) is 0.463. The van der Waals surface area contributed by atoms with Gasteiger partial charge in [-0.25, -0.2) is 4.68 Å². The van der Waals surface area contributed by atoms with Crippen molar-refractivity contribution in [1.82, 2.24) is 25.5 Å². The average molecular weight is 489 g/mol. The maximum absolute atomic E-state index is 12.4. The number of thioether (sulfide) groups is 1. The van der Waals surface area contributed by atoms with E-state index < -0.39 is 0 Å². The number of ether oxygens (including phenoxy) is 2. The molecule has 172 valence electrons. The third-order valence-corrected chi connectivity index (χ3v) is 5.99. The summed E-state index contributed by atoms with van der Waals surface area (Å²) in [7, 11) is 1.70. The number of carbonyl (C=O) groups excluding carboxylic acids is 2. The van der Waals surface area contributed by atoms with Crippen molar-refractivity contribution in [3.8, 4) is 11.5 Å². The molecule has 3 aromatic rings. The maximum atomic E-state index is 12.4. The number of halogens is 1. The first-order valence-corrected chi connectivity index (χ1v) is 11.5. The Morgan fingerprint density at radius 2 is 1.97 bits per heavy atom. The van der Waals surface area contributed by atoms with Gasteiger partial charge >= 0.3 is 0 Å². The Bertz CT molecular complexity index is 1150. The van der Waals surface area contributed by atoms with Crippen molar-refractivity contribution >= 4 is 40.9 Å². The van der Waals surface area contributed by atoms with E-state index >= 15 is 0 Å². The van der Waals surface area contributed by atoms with Gasteiger partial charge in [-0.2, -0.15) is 0 Å². The first-order valence-electron chi connectivity index (χ1n) is 10.1. The molecule has 10 nitrogen and oxygen atoms in total. The number of fused-ring (bicyclic) bond motifs is 1. The van der Waals surface area contributed by atoms with Crippen molar-refractivity contribution in [2.45, 2.75) is 11.6 Å². The van der Waals surface area contributed by atoms with Gasteiger partial charge in [0.05, 0.1) is 10.8 Å². The molecular formula is C21H21ClN6O4S. The number of nitrogens with zero attached hydrogens (tertiary/aromatic N) is 4. The van der Waals surface area contributed by atoms with E-state index in [1.165, 1.54) is 16.4 Å². The molecule has 0 radical (unpaired) electrons. The van der Waals surface area contributed by atoms with Gasteiger partial charge in [0.25, 0.3) is 5.91 Å². The van der Waals surface area contributed by atoms with Gasteiger partial charge in [0.15, 0.2) is 11.5 Å². The molecule has 2 heterocycles. The van der Waals surface area contributed by atoms with Crippen molar-refractivity contribution in [2.24, 2.45) is 7.05 Å². The molecule has 0 bridgehead atoms. The van der Waals surface area contributed by atoms with E-state index in [0.29, 0.717) is 59.1 Å². The lowest BCUT2D eigenvalue weighted by Crippen LogP contribution is -2.25. The lowest BCUT2D eigenvalue weighted by molar-refractivity contribution is -0.113. The summed E-state index contributed by atoms with van der Waals surface area (Å²) < 4.78 is 12.6. The summed E-state index contributed by atoms with van der Waals surface area (Å²) in [5, 5.41) is 17.8. The number of tetrazole rings is 1. The molecule has 2 N–H and O–H groups in total. The number of hydrogen-bond acceptors (Lipinski definition) is 8. The standard InChI is InChI=1S/C21H21ClN6O4S/c1-28-21(25-26-27-28)33-12-18(29)24-15-4-2-14(3-5-15)20(30)23-7-6-13-10-16(22)19-17(11-13)31-8-9-32-19/h2-5,10-11H,6-9,12H2,1H3,(H,23,30)(H,24,29). The molecule has 0 saturated carbocycles. The van der Waals surface area contributed by atoms with E-state index in [-0.39, 0.29) is 17.6 Å². The van der Waals surface area contributed by atoms with Gasteiger partial charge in [0, 0.05) is 24.8 Å². The molecule has 1 aliphatic rings. The summed E-state index contributed by atoms with van der Waals surface area (Å²) in [6, 6.07) is 10.4. The molecule has 1 aromatic heterocycles. The van der Waals surface area contributed by atoms with Gasteiger partial charge in [-0.05, 0) is 58.8 Å². The highest BCUT2D eigenvalue weighted by atomic mass is 35.5. The molecule has 2 amide bonds. The van der Waals surface area contributed by atoms with Crippen LogP contribution >= 0.6 is 23.4 Å². The van der Waals surface area contributed by atoms with E-state index in [2.05, 4.69) is 26.2 Å². The summed E-state index contributed by atoms with van der Waals surface area (Å²) >= 11 is 7.49. The summed E-state index contributed by atoms with van der Waals surface area (Å²) in [6.07, 6.45) is 0.592. The first-order chi connectivity index (χ1) is 16.0. The van der Waals surface area contributed by atoms with Crippen molar-refractivity contribution in [2.75, 3.05) is 30.8 Å². The minimum Gasteiger partial charge on any atom is -0.486 e. The molecule has 0 aliphatic carbocycles. The van der Waals surface area contributed by atoms with Crippen LogP contribution in [0.1, 0.15) is 15.9 Å². The van der Waals surface area contributed by atoms with Gasteiger partial charge in [0.1, 0.15) is 13.2 Å². The van der Waals surface area contributed by atoms with Crippen LogP contribution in [0.4, 0.5) is 5.69 Å². The normalized spacial score (nSPS) is 12.3. The molecule has 12 heteroatoms. The van der Waals surface area contributed by atoms with Gasteiger partial charge in [-0.15, -0.1) is 5.10 Å². The lowest BCUT2D eigenvalue weighted by Gasteiger charge is -2.20. The molecule has 0 atom stereocenters. The van der Waals surface area contributed by atoms with E-state index in [4.69, 9.17) is 21.1 Å². The second-order valence-corrected chi connectivity index (χ2v) is 8.46. The van der Waals surface area contributed by atoms with Crippen molar-refractivity contribution in [3.63, 3.8) is 0 Å². The zero-order chi connectivity index (χ0) is 23.2. The van der Waals surface area contributed by atoms with E-state index in [9.17, 15) is 9.59 Å². The Morgan fingerprint density at radius 3 is 2.73 bits per heavy atom. The van der Waals surface area contributed by atoms with Crippen LogP contribution in [-0.4, -0.2) is 57.5 Å². The molecule has 4 rings (SSSR count). The molecular weight excluding hydrogens is 468 g/mol. The molecule has 1 aliphatic heterocycles. The number of carbonyl (C=O) groups is 2. The van der Waals surface area contributed by atoms with Gasteiger partial charge in [0.2, 0.25) is 11.1 Å². The number of amides is 2.